The van der Waals surface area contributed by atoms with E-state index < -0.39 is 34.5 Å². The minimum Gasteiger partial charge on any atom is -0.508 e. The van der Waals surface area contributed by atoms with Crippen LogP contribution in [0.2, 0.25) is 0 Å². The number of phenols is 10. The molecule has 0 saturated carbocycles. The molecule has 0 aromatic heterocycles. The molecule has 42 heavy (non-hydrogen) atoms. The zero-order valence-electron chi connectivity index (χ0n) is 22.2. The van der Waals surface area contributed by atoms with Gasteiger partial charge in [0, 0.05) is 74.8 Å². The Morgan fingerprint density at radius 1 is 0.238 bits per heavy atom. The van der Waals surface area contributed by atoms with Crippen LogP contribution in [-0.4, -0.2) is 51.1 Å². The molecule has 0 amide bonds. The van der Waals surface area contributed by atoms with Crippen molar-refractivity contribution in [1.82, 2.24) is 0 Å². The zero-order chi connectivity index (χ0) is 30.6. The number of rotatable bonds is 4. The van der Waals surface area contributed by atoms with E-state index in [9.17, 15) is 51.1 Å². The molecule has 0 unspecified atom stereocenters. The van der Waals surface area contributed by atoms with Crippen LogP contribution in [0.5, 0.6) is 57.5 Å². The Balaban J connectivity index is 1.72. The third kappa shape index (κ3) is 4.60. The molecule has 0 aliphatic rings. The van der Waals surface area contributed by atoms with Crippen molar-refractivity contribution in [1.29, 1.82) is 0 Å². The van der Waals surface area contributed by atoms with Crippen LogP contribution in [-0.2, 0) is 0 Å². The average molecular weight is 571 g/mol. The lowest BCUT2D eigenvalue weighted by molar-refractivity contribution is 0.442. The molecule has 0 aliphatic heterocycles. The highest BCUT2D eigenvalue weighted by atomic mass is 16.3. The molecule has 5 rings (SSSR count). The summed E-state index contributed by atoms with van der Waals surface area (Å²) in [5.41, 5.74) is 1.09. The number of aromatic hydroxyl groups is 10. The first kappa shape index (κ1) is 27.7. The Morgan fingerprint density at radius 2 is 0.405 bits per heavy atom. The van der Waals surface area contributed by atoms with E-state index in [0.717, 1.165) is 30.3 Å². The first-order valence-corrected chi connectivity index (χ1v) is 12.5. The third-order valence-corrected chi connectivity index (χ3v) is 7.13. The van der Waals surface area contributed by atoms with Gasteiger partial charge in [0.15, 0.2) is 0 Å². The fraction of sp³-hybridized carbons (Fsp3) is 0.0625. The molecule has 0 atom stereocenters. The number of hydrogen-bond donors (Lipinski definition) is 10. The molecule has 0 aliphatic carbocycles. The maximum absolute atomic E-state index is 10.8. The number of aryl methyl sites for hydroxylation is 2. The fourth-order valence-corrected chi connectivity index (χ4v) is 4.83. The Morgan fingerprint density at radius 3 is 0.619 bits per heavy atom. The van der Waals surface area contributed by atoms with Gasteiger partial charge in [0.1, 0.15) is 57.5 Å². The van der Waals surface area contributed by atoms with E-state index in [2.05, 4.69) is 0 Å². The number of hydrogen-bond acceptors (Lipinski definition) is 10. The van der Waals surface area contributed by atoms with Crippen LogP contribution in [0.3, 0.4) is 0 Å². The summed E-state index contributed by atoms with van der Waals surface area (Å²) in [5.74, 6) is -3.71. The van der Waals surface area contributed by atoms with Crippen LogP contribution < -0.4 is 0 Å². The van der Waals surface area contributed by atoms with Gasteiger partial charge in [0.25, 0.3) is 0 Å². The van der Waals surface area contributed by atoms with E-state index in [-0.39, 0.29) is 67.5 Å². The monoisotopic (exact) mass is 570 g/mol. The third-order valence-electron chi connectivity index (χ3n) is 7.13. The molecule has 5 aromatic carbocycles. The summed E-state index contributed by atoms with van der Waals surface area (Å²) < 4.78 is 0. The van der Waals surface area contributed by atoms with E-state index in [1.54, 1.807) is 13.8 Å². The molecular weight excluding hydrogens is 544 g/mol. The first-order chi connectivity index (χ1) is 19.8. The van der Waals surface area contributed by atoms with Gasteiger partial charge in [0.2, 0.25) is 0 Å². The lowest BCUT2D eigenvalue weighted by Crippen LogP contribution is -1.90. The Labute approximate surface area is 238 Å². The van der Waals surface area contributed by atoms with Crippen LogP contribution in [0.15, 0.2) is 60.7 Å². The van der Waals surface area contributed by atoms with E-state index in [1.165, 1.54) is 30.3 Å². The van der Waals surface area contributed by atoms with Gasteiger partial charge in [-0.3, -0.25) is 0 Å². The van der Waals surface area contributed by atoms with Crippen molar-refractivity contribution < 1.29 is 51.1 Å². The molecule has 10 N–H and O–H groups in total. The van der Waals surface area contributed by atoms with Crippen molar-refractivity contribution in [2.45, 2.75) is 13.8 Å². The van der Waals surface area contributed by atoms with Crippen molar-refractivity contribution in [3.05, 3.63) is 71.8 Å². The van der Waals surface area contributed by atoms with E-state index >= 15 is 0 Å². The lowest BCUT2D eigenvalue weighted by atomic mass is 9.91. The normalized spacial score (nSPS) is 11.1. The van der Waals surface area contributed by atoms with Gasteiger partial charge in [-0.05, 0) is 55.3 Å². The molecule has 0 spiro atoms. The van der Waals surface area contributed by atoms with Crippen molar-refractivity contribution in [3.63, 3.8) is 0 Å². The largest absolute Gasteiger partial charge is 0.508 e. The van der Waals surface area contributed by atoms with Crippen LogP contribution in [0, 0.1) is 13.8 Å². The van der Waals surface area contributed by atoms with Gasteiger partial charge in [-0.15, -0.1) is 0 Å². The van der Waals surface area contributed by atoms with E-state index in [4.69, 9.17) is 0 Å². The molecule has 5 aromatic rings. The molecule has 0 fully saturated rings. The van der Waals surface area contributed by atoms with E-state index in [0.29, 0.717) is 11.1 Å². The highest BCUT2D eigenvalue weighted by molar-refractivity contribution is 5.91. The quantitative estimate of drug-likeness (QED) is 0.122. The number of phenolic OH excluding ortho intramolecular Hbond substituents is 10. The van der Waals surface area contributed by atoms with E-state index in [1.807, 2.05) is 0 Å². The molecule has 10 nitrogen and oxygen atoms in total. The first-order valence-electron chi connectivity index (χ1n) is 12.5. The lowest BCUT2D eigenvalue weighted by Gasteiger charge is -2.17. The Bertz CT molecular complexity index is 1780. The van der Waals surface area contributed by atoms with Gasteiger partial charge < -0.3 is 51.1 Å². The predicted molar refractivity (Wildman–Crippen MR) is 154 cm³/mol. The smallest absolute Gasteiger partial charge is 0.127 e. The summed E-state index contributed by atoms with van der Waals surface area (Å²) >= 11 is 0. The highest BCUT2D eigenvalue weighted by Gasteiger charge is 2.22. The molecule has 0 saturated heterocycles. The van der Waals surface area contributed by atoms with Crippen LogP contribution in [0.4, 0.5) is 0 Å². The SMILES string of the molecule is Cc1cc(-c2cc(-c3cc(-c4cc(-c5cc(C)c(O)cc5O)c(O)cc4O)c(O)cc3O)c(O)cc2O)c(O)cc1O. The second kappa shape index (κ2) is 9.93. The number of benzene rings is 5. The summed E-state index contributed by atoms with van der Waals surface area (Å²) in [6, 6.07) is 11.9. The maximum atomic E-state index is 10.8. The molecular formula is C32H26O10. The second-order valence-corrected chi connectivity index (χ2v) is 9.97. The average Bonchev–Trinajstić information content (AvgIpc) is 2.90. The zero-order valence-corrected chi connectivity index (χ0v) is 22.2. The van der Waals surface area contributed by atoms with Crippen LogP contribution >= 0.6 is 0 Å². The van der Waals surface area contributed by atoms with Gasteiger partial charge in [-0.2, -0.15) is 0 Å². The minimum atomic E-state index is -0.473. The summed E-state index contributed by atoms with van der Waals surface area (Å²) in [5, 5.41) is 105. The van der Waals surface area contributed by atoms with Crippen molar-refractivity contribution in [2.75, 3.05) is 0 Å². The standard InChI is InChI=1S/C32H26O10/c1-13-3-15(25(35)8-23(13)33)17-5-19(29(39)10-27(17)37)21-7-22(32(42)12-31(21)41)20-6-18(28(38)11-30(20)40)16-4-14(2)24(34)9-26(16)36/h3-12,33-42H,1-2H3. The van der Waals surface area contributed by atoms with Gasteiger partial charge in [-0.1, -0.05) is 0 Å². The van der Waals surface area contributed by atoms with Gasteiger partial charge in [-0.25, -0.2) is 0 Å². The topological polar surface area (TPSA) is 202 Å². The molecule has 10 heteroatoms. The summed E-state index contributed by atoms with van der Waals surface area (Å²) in [4.78, 5) is 0. The second-order valence-electron chi connectivity index (χ2n) is 9.97. The fourth-order valence-electron chi connectivity index (χ4n) is 4.83. The predicted octanol–water partition coefficient (Wildman–Crippen LogP) is 6.03. The summed E-state index contributed by atoms with van der Waals surface area (Å²) in [7, 11) is 0. The van der Waals surface area contributed by atoms with Gasteiger partial charge in [0.05, 0.1) is 0 Å². The Kier molecular flexibility index (Phi) is 6.54. The molecule has 214 valence electrons. The van der Waals surface area contributed by atoms with Crippen LogP contribution in [0.25, 0.3) is 44.5 Å². The highest BCUT2D eigenvalue weighted by Crippen LogP contribution is 2.50. The van der Waals surface area contributed by atoms with Crippen molar-refractivity contribution in [3.8, 4) is 102 Å². The molecule has 0 radical (unpaired) electrons. The maximum Gasteiger partial charge on any atom is 0.127 e. The Hall–Kier alpha value is -5.90. The summed E-state index contributed by atoms with van der Waals surface area (Å²) in [6.07, 6.45) is 0. The molecule has 0 heterocycles. The minimum absolute atomic E-state index is 0.0167. The van der Waals surface area contributed by atoms with Crippen LogP contribution in [0.1, 0.15) is 11.1 Å². The summed E-state index contributed by atoms with van der Waals surface area (Å²) in [6.45, 7) is 3.18. The van der Waals surface area contributed by atoms with Crippen molar-refractivity contribution in [2.24, 2.45) is 0 Å². The van der Waals surface area contributed by atoms with Crippen molar-refractivity contribution >= 4 is 0 Å². The van der Waals surface area contributed by atoms with Gasteiger partial charge >= 0.3 is 0 Å². The molecule has 0 bridgehead atoms.